The first-order chi connectivity index (χ1) is 24.9. The molecule has 0 aliphatic heterocycles. The second kappa shape index (κ2) is 22.5. The Hall–Kier alpha value is -5.45. The number of rotatable bonds is 12. The number of pyridine rings is 1. The first-order valence-corrected chi connectivity index (χ1v) is 17.0. The predicted octanol–water partition coefficient (Wildman–Crippen LogP) is 4.84. The van der Waals surface area contributed by atoms with Crippen molar-refractivity contribution in [3.05, 3.63) is 90.1 Å². The summed E-state index contributed by atoms with van der Waals surface area (Å²) in [5.74, 6) is -1.02. The molecule has 3 atom stereocenters. The number of methoxy groups -OCH3 is 2. The summed E-state index contributed by atoms with van der Waals surface area (Å²) in [6.07, 6.45) is 7.09. The van der Waals surface area contributed by atoms with Gasteiger partial charge in [-0.25, -0.2) is 14.6 Å². The number of amides is 4. The van der Waals surface area contributed by atoms with Crippen LogP contribution in [0.25, 0.3) is 11.3 Å². The van der Waals surface area contributed by atoms with Crippen LogP contribution in [0.5, 0.6) is 0 Å². The predicted molar refractivity (Wildman–Crippen MR) is 206 cm³/mol. The Bertz CT molecular complexity index is 1570. The standard InChI is InChI=1S/C31H46N6O7.C7H8.C2H2/c1-30(2,3)24(34-28(41)43-7)26(39)33-17-22(38)19-37(36-27(40)25(31(4,5)6)35-29(42)44-8)18-20-12-14-21(15-13-20)23-11-9-10-16-32-23;1-7-5-3-2-4-6-7;1-2/h9-16,22,24-25,38H,17-19H2,1-8H3,(H,33,39)(H,34,41)(H,35,42)(H,36,40);2-6H,1H3;1-2H/t22-,24?,25-;;/m1../s1. The lowest BCUT2D eigenvalue weighted by Gasteiger charge is -2.33. The maximum Gasteiger partial charge on any atom is 0.407 e. The minimum absolute atomic E-state index is 0.0757. The number of ether oxygens (including phenoxy) is 2. The van der Waals surface area contributed by atoms with Crippen LogP contribution in [-0.4, -0.2) is 84.6 Å². The van der Waals surface area contributed by atoms with Gasteiger partial charge < -0.3 is 30.5 Å². The molecule has 13 nitrogen and oxygen atoms in total. The fourth-order valence-corrected chi connectivity index (χ4v) is 4.78. The zero-order valence-electron chi connectivity index (χ0n) is 32.3. The first kappa shape index (κ1) is 45.6. The van der Waals surface area contributed by atoms with Crippen molar-refractivity contribution in [2.24, 2.45) is 10.8 Å². The van der Waals surface area contributed by atoms with Crippen LogP contribution < -0.4 is 21.4 Å². The highest BCUT2D eigenvalue weighted by Gasteiger charge is 2.35. The molecule has 0 radical (unpaired) electrons. The van der Waals surface area contributed by atoms with Gasteiger partial charge in [0.2, 0.25) is 5.91 Å². The zero-order chi connectivity index (χ0) is 40.2. The number of hydrazine groups is 1. The van der Waals surface area contributed by atoms with Gasteiger partial charge in [0.05, 0.1) is 26.0 Å². The Labute approximate surface area is 314 Å². The quantitative estimate of drug-likeness (QED) is 0.129. The fourth-order valence-electron chi connectivity index (χ4n) is 4.78. The van der Waals surface area contributed by atoms with Gasteiger partial charge in [0.1, 0.15) is 12.1 Å². The Morgan fingerprint density at radius 2 is 1.28 bits per heavy atom. The Morgan fingerprint density at radius 3 is 1.72 bits per heavy atom. The molecule has 0 spiro atoms. The number of terminal acetylenes is 1. The number of carbonyl (C=O) groups excluding carboxylic acids is 4. The average Bonchev–Trinajstić information content (AvgIpc) is 3.12. The van der Waals surface area contributed by atoms with Crippen LogP contribution in [0.2, 0.25) is 0 Å². The van der Waals surface area contributed by atoms with E-state index in [1.807, 2.05) is 60.7 Å². The second-order valence-electron chi connectivity index (χ2n) is 14.2. The van der Waals surface area contributed by atoms with E-state index in [0.717, 1.165) is 16.8 Å². The maximum atomic E-state index is 13.4. The van der Waals surface area contributed by atoms with Gasteiger partial charge in [-0.3, -0.25) is 20.0 Å². The SMILES string of the molecule is C#C.COC(=O)NC(C(=O)NC[C@@H](O)CN(Cc1ccc(-c2ccccn2)cc1)NC(=O)[C@@H](NC(=O)OC)C(C)(C)C)C(C)(C)C.Cc1ccccc1. The van der Waals surface area contributed by atoms with Crippen molar-refractivity contribution in [1.82, 2.24) is 31.4 Å². The highest BCUT2D eigenvalue weighted by Crippen LogP contribution is 2.22. The molecule has 13 heteroatoms. The highest BCUT2D eigenvalue weighted by molar-refractivity contribution is 5.87. The van der Waals surface area contributed by atoms with Crippen LogP contribution in [0, 0.1) is 30.6 Å². The molecule has 0 aliphatic rings. The smallest absolute Gasteiger partial charge is 0.407 e. The lowest BCUT2D eigenvalue weighted by Crippen LogP contribution is -2.58. The van der Waals surface area contributed by atoms with E-state index in [1.165, 1.54) is 24.8 Å². The van der Waals surface area contributed by atoms with E-state index < -0.39 is 53.0 Å². The van der Waals surface area contributed by atoms with Gasteiger partial charge in [-0.2, -0.15) is 0 Å². The minimum atomic E-state index is -1.12. The van der Waals surface area contributed by atoms with Crippen molar-refractivity contribution < 1.29 is 33.8 Å². The van der Waals surface area contributed by atoms with E-state index in [2.05, 4.69) is 63.0 Å². The molecule has 0 fully saturated rings. The first-order valence-electron chi connectivity index (χ1n) is 17.0. The minimum Gasteiger partial charge on any atom is -0.453 e. The molecule has 1 aromatic heterocycles. The number of aromatic nitrogens is 1. The molecule has 2 aromatic carbocycles. The zero-order valence-corrected chi connectivity index (χ0v) is 32.3. The number of nitrogens with one attached hydrogen (secondary N) is 4. The van der Waals surface area contributed by atoms with Gasteiger partial charge in [0, 0.05) is 31.4 Å². The molecule has 4 amide bonds. The molecule has 3 aromatic rings. The molecule has 0 bridgehead atoms. The van der Waals surface area contributed by atoms with Gasteiger partial charge in [-0.05, 0) is 35.4 Å². The third kappa shape index (κ3) is 17.1. The molecular formula is C40H56N6O7. The normalized spacial score (nSPS) is 12.5. The summed E-state index contributed by atoms with van der Waals surface area (Å²) in [6.45, 7) is 12.8. The Morgan fingerprint density at radius 1 is 0.774 bits per heavy atom. The molecule has 1 unspecified atom stereocenters. The van der Waals surface area contributed by atoms with Crippen LogP contribution in [0.4, 0.5) is 9.59 Å². The molecule has 5 N–H and O–H groups in total. The van der Waals surface area contributed by atoms with Crippen molar-refractivity contribution in [2.45, 2.75) is 73.2 Å². The third-order valence-corrected chi connectivity index (χ3v) is 7.59. The monoisotopic (exact) mass is 732 g/mol. The van der Waals surface area contributed by atoms with E-state index in [1.54, 1.807) is 47.7 Å². The summed E-state index contributed by atoms with van der Waals surface area (Å²) in [4.78, 5) is 54.5. The molecular weight excluding hydrogens is 676 g/mol. The van der Waals surface area contributed by atoms with Gasteiger partial charge in [0.25, 0.3) is 5.91 Å². The van der Waals surface area contributed by atoms with Crippen LogP contribution in [0.15, 0.2) is 79.0 Å². The number of hydrogen-bond donors (Lipinski definition) is 5. The average molecular weight is 733 g/mol. The number of benzene rings is 2. The highest BCUT2D eigenvalue weighted by atomic mass is 16.5. The summed E-state index contributed by atoms with van der Waals surface area (Å²) in [5.41, 5.74) is 5.37. The van der Waals surface area contributed by atoms with E-state index in [0.29, 0.717) is 0 Å². The second-order valence-corrected chi connectivity index (χ2v) is 14.2. The summed E-state index contributed by atoms with van der Waals surface area (Å²) in [6, 6.07) is 21.6. The van der Waals surface area contributed by atoms with E-state index in [-0.39, 0.29) is 19.6 Å². The molecule has 0 saturated heterocycles. The largest absolute Gasteiger partial charge is 0.453 e. The van der Waals surface area contributed by atoms with E-state index in [9.17, 15) is 24.3 Å². The topological polar surface area (TPSA) is 171 Å². The number of aryl methyl sites for hydroxylation is 1. The van der Waals surface area contributed by atoms with Crippen molar-refractivity contribution in [1.29, 1.82) is 0 Å². The fraction of sp³-hybridized carbons (Fsp3) is 0.425. The maximum absolute atomic E-state index is 13.4. The number of aliphatic hydroxyl groups is 1. The van der Waals surface area contributed by atoms with Crippen LogP contribution in [0.3, 0.4) is 0 Å². The lowest BCUT2D eigenvalue weighted by atomic mass is 9.86. The van der Waals surface area contributed by atoms with Crippen LogP contribution in [-0.2, 0) is 25.6 Å². The molecule has 3 rings (SSSR count). The van der Waals surface area contributed by atoms with Crippen LogP contribution in [0.1, 0.15) is 52.7 Å². The Kier molecular flexibility index (Phi) is 19.3. The number of aliphatic hydroxyl groups excluding tert-OH is 1. The third-order valence-electron chi connectivity index (χ3n) is 7.59. The van der Waals surface area contributed by atoms with E-state index >= 15 is 0 Å². The molecule has 53 heavy (non-hydrogen) atoms. The molecule has 0 aliphatic carbocycles. The molecule has 288 valence electrons. The summed E-state index contributed by atoms with van der Waals surface area (Å²) >= 11 is 0. The van der Waals surface area contributed by atoms with Gasteiger partial charge in [-0.15, -0.1) is 12.8 Å². The number of carbonyl (C=O) groups is 4. The van der Waals surface area contributed by atoms with Crippen molar-refractivity contribution in [2.75, 3.05) is 27.3 Å². The van der Waals surface area contributed by atoms with Gasteiger partial charge in [0.15, 0.2) is 0 Å². The summed E-state index contributed by atoms with van der Waals surface area (Å²) in [7, 11) is 2.42. The lowest BCUT2D eigenvalue weighted by molar-refractivity contribution is -0.132. The van der Waals surface area contributed by atoms with Gasteiger partial charge in [-0.1, -0.05) is 108 Å². The molecule has 1 heterocycles. The Balaban J connectivity index is 0.00000137. The van der Waals surface area contributed by atoms with Crippen molar-refractivity contribution >= 4 is 24.0 Å². The summed E-state index contributed by atoms with van der Waals surface area (Å²) in [5, 5.41) is 20.2. The van der Waals surface area contributed by atoms with Crippen molar-refractivity contribution in [3.8, 4) is 24.1 Å². The number of nitrogens with zero attached hydrogens (tertiary/aromatic N) is 2. The summed E-state index contributed by atoms with van der Waals surface area (Å²) < 4.78 is 9.35. The van der Waals surface area contributed by atoms with Crippen molar-refractivity contribution in [3.63, 3.8) is 0 Å². The number of hydrogen-bond acceptors (Lipinski definition) is 9. The van der Waals surface area contributed by atoms with Gasteiger partial charge >= 0.3 is 12.2 Å². The van der Waals surface area contributed by atoms with E-state index in [4.69, 9.17) is 4.74 Å². The number of alkyl carbamates (subject to hydrolysis) is 2. The molecule has 0 saturated carbocycles. The van der Waals surface area contributed by atoms with Crippen LogP contribution >= 0.6 is 0 Å².